The number of benzene rings is 1. The van der Waals surface area contributed by atoms with Crippen molar-refractivity contribution in [1.29, 1.82) is 0 Å². The summed E-state index contributed by atoms with van der Waals surface area (Å²) < 4.78 is 0. The van der Waals surface area contributed by atoms with Crippen LogP contribution in [0.1, 0.15) is 38.2 Å². The van der Waals surface area contributed by atoms with Crippen molar-refractivity contribution in [2.75, 3.05) is 19.8 Å². The third-order valence-electron chi connectivity index (χ3n) is 6.62. The molecule has 0 spiro atoms. The molecule has 0 heterocycles. The van der Waals surface area contributed by atoms with Gasteiger partial charge < -0.3 is 59.1 Å². The number of aliphatic hydroxyl groups excluding tert-OH is 2. The molecule has 18 nitrogen and oxygen atoms in total. The molecule has 0 fully saturated rings. The van der Waals surface area contributed by atoms with Crippen LogP contribution >= 0.6 is 0 Å². The second-order valence-electron chi connectivity index (χ2n) is 10.4. The fourth-order valence-electron chi connectivity index (χ4n) is 4.00. The fraction of sp³-hybridized carbons (Fsp3) is 0.536. The number of hydrogen-bond acceptors (Lipinski definition) is 11. The molecule has 14 N–H and O–H groups in total. The van der Waals surface area contributed by atoms with Crippen LogP contribution < -0.4 is 43.8 Å². The summed E-state index contributed by atoms with van der Waals surface area (Å²) in [4.78, 5) is 86.9. The van der Waals surface area contributed by atoms with Crippen molar-refractivity contribution in [3.05, 3.63) is 35.9 Å². The highest BCUT2D eigenvalue weighted by atomic mass is 16.4. The Kier molecular flexibility index (Phi) is 17.5. The van der Waals surface area contributed by atoms with Crippen molar-refractivity contribution in [1.82, 2.24) is 26.6 Å². The number of carboxylic acids is 1. The molecule has 0 aromatic heterocycles. The zero-order chi connectivity index (χ0) is 34.8. The predicted molar refractivity (Wildman–Crippen MR) is 162 cm³/mol. The number of nitrogens with two attached hydrogens (primary N) is 3. The third-order valence-corrected chi connectivity index (χ3v) is 6.62. The maximum atomic E-state index is 13.3. The van der Waals surface area contributed by atoms with E-state index in [1.54, 1.807) is 30.3 Å². The topological polar surface area (TPSA) is 318 Å². The molecule has 256 valence electrons. The van der Waals surface area contributed by atoms with Gasteiger partial charge in [0.15, 0.2) is 0 Å². The van der Waals surface area contributed by atoms with Gasteiger partial charge in [0.25, 0.3) is 0 Å². The van der Waals surface area contributed by atoms with E-state index in [9.17, 15) is 43.8 Å². The molecule has 0 saturated heterocycles. The molecule has 46 heavy (non-hydrogen) atoms. The second kappa shape index (κ2) is 20.4. The Labute approximate surface area is 265 Å². The molecule has 0 saturated carbocycles. The predicted octanol–water partition coefficient (Wildman–Crippen LogP) is -4.93. The molecule has 6 amide bonds. The van der Waals surface area contributed by atoms with Crippen LogP contribution in [-0.4, -0.2) is 113 Å². The van der Waals surface area contributed by atoms with E-state index in [0.29, 0.717) is 24.9 Å². The van der Waals surface area contributed by atoms with Crippen LogP contribution in [0.25, 0.3) is 0 Å². The van der Waals surface area contributed by atoms with Crippen molar-refractivity contribution in [2.45, 2.75) is 75.3 Å². The maximum Gasteiger partial charge on any atom is 0.326 e. The highest BCUT2D eigenvalue weighted by molar-refractivity contribution is 5.96. The van der Waals surface area contributed by atoms with Gasteiger partial charge in [-0.05, 0) is 38.3 Å². The number of rotatable bonds is 21. The zero-order valence-electron chi connectivity index (χ0n) is 25.4. The molecular weight excluding hydrogens is 608 g/mol. The molecule has 0 radical (unpaired) electrons. The molecule has 0 bridgehead atoms. The summed E-state index contributed by atoms with van der Waals surface area (Å²) in [6.45, 7) is 0.0568. The number of aliphatic carboxylic acids is 1. The van der Waals surface area contributed by atoms with Gasteiger partial charge in [-0.1, -0.05) is 30.3 Å². The SMILES string of the molecule is C[C@H](NC(=O)[C@H](CCCCN)NC(=O)[C@@H](N)CO)C(=O)N[C@@H](Cc1ccccc1)C(=O)N[C@@H](CO)C(=O)N[C@@H](CC(N)=O)C(=O)O. The molecule has 0 aliphatic carbocycles. The number of carbonyl (C=O) groups excluding carboxylic acids is 6. The van der Waals surface area contributed by atoms with Gasteiger partial charge >= 0.3 is 5.97 Å². The van der Waals surface area contributed by atoms with E-state index in [0.717, 1.165) is 0 Å². The summed E-state index contributed by atoms with van der Waals surface area (Å²) in [5, 5.41) is 39.8. The lowest BCUT2D eigenvalue weighted by Gasteiger charge is -2.25. The molecule has 0 aliphatic heterocycles. The lowest BCUT2D eigenvalue weighted by atomic mass is 10.0. The number of aliphatic hydroxyl groups is 2. The van der Waals surface area contributed by atoms with E-state index in [2.05, 4.69) is 21.3 Å². The number of carbonyl (C=O) groups is 7. The molecular formula is C28H44N8O10. The summed E-state index contributed by atoms with van der Waals surface area (Å²) in [5.74, 6) is -6.97. The summed E-state index contributed by atoms with van der Waals surface area (Å²) in [6.07, 6.45) is 0.336. The third kappa shape index (κ3) is 14.0. The molecule has 1 rings (SSSR count). The highest BCUT2D eigenvalue weighted by Crippen LogP contribution is 2.06. The Morgan fingerprint density at radius 1 is 0.717 bits per heavy atom. The average Bonchev–Trinajstić information content (AvgIpc) is 3.01. The Bertz CT molecular complexity index is 1200. The number of hydrogen-bond donors (Lipinski definition) is 11. The van der Waals surface area contributed by atoms with Crippen LogP contribution in [0.3, 0.4) is 0 Å². The second-order valence-corrected chi connectivity index (χ2v) is 10.4. The van der Waals surface area contributed by atoms with Crippen LogP contribution in [0.4, 0.5) is 0 Å². The molecule has 0 aliphatic rings. The van der Waals surface area contributed by atoms with Gasteiger partial charge in [0.2, 0.25) is 35.4 Å². The van der Waals surface area contributed by atoms with Crippen LogP contribution in [0, 0.1) is 0 Å². The van der Waals surface area contributed by atoms with Gasteiger partial charge in [-0.25, -0.2) is 4.79 Å². The minimum absolute atomic E-state index is 0.0882. The first kappa shape index (κ1) is 39.4. The summed E-state index contributed by atoms with van der Waals surface area (Å²) in [7, 11) is 0. The Hall–Kier alpha value is -4.65. The number of primary amides is 1. The van der Waals surface area contributed by atoms with Crippen molar-refractivity contribution < 1.29 is 48.9 Å². The number of carboxylic acid groups (broad SMARTS) is 1. The Balaban J connectivity index is 3.08. The van der Waals surface area contributed by atoms with Gasteiger partial charge in [0.05, 0.1) is 19.6 Å². The van der Waals surface area contributed by atoms with Gasteiger partial charge in [-0.2, -0.15) is 0 Å². The number of nitrogens with one attached hydrogen (secondary N) is 5. The quantitative estimate of drug-likeness (QED) is 0.0557. The zero-order valence-corrected chi connectivity index (χ0v) is 25.4. The monoisotopic (exact) mass is 652 g/mol. The van der Waals surface area contributed by atoms with Crippen molar-refractivity contribution in [3.8, 4) is 0 Å². The number of amides is 6. The molecule has 18 heteroatoms. The van der Waals surface area contributed by atoms with Crippen LogP contribution in [0.5, 0.6) is 0 Å². The molecule has 6 atom stereocenters. The first-order valence-corrected chi connectivity index (χ1v) is 14.5. The van der Waals surface area contributed by atoms with E-state index in [1.807, 2.05) is 5.32 Å². The summed E-state index contributed by atoms with van der Waals surface area (Å²) in [6, 6.07) is 0.0804. The Morgan fingerprint density at radius 2 is 1.26 bits per heavy atom. The van der Waals surface area contributed by atoms with E-state index in [-0.39, 0.29) is 12.8 Å². The Morgan fingerprint density at radius 3 is 1.80 bits per heavy atom. The van der Waals surface area contributed by atoms with Gasteiger partial charge in [-0.3, -0.25) is 28.8 Å². The maximum absolute atomic E-state index is 13.3. The molecule has 1 aromatic carbocycles. The first-order valence-electron chi connectivity index (χ1n) is 14.5. The van der Waals surface area contributed by atoms with Gasteiger partial charge in [-0.15, -0.1) is 0 Å². The summed E-state index contributed by atoms with van der Waals surface area (Å²) in [5.41, 5.74) is 16.7. The van der Waals surface area contributed by atoms with Crippen LogP contribution in [0.15, 0.2) is 30.3 Å². The minimum atomic E-state index is -1.72. The largest absolute Gasteiger partial charge is 0.480 e. The van der Waals surface area contributed by atoms with E-state index in [4.69, 9.17) is 22.3 Å². The van der Waals surface area contributed by atoms with Gasteiger partial charge in [0.1, 0.15) is 36.3 Å². The van der Waals surface area contributed by atoms with Crippen LogP contribution in [0.2, 0.25) is 0 Å². The van der Waals surface area contributed by atoms with Crippen molar-refractivity contribution in [3.63, 3.8) is 0 Å². The molecule has 0 unspecified atom stereocenters. The highest BCUT2D eigenvalue weighted by Gasteiger charge is 2.32. The van der Waals surface area contributed by atoms with Gasteiger partial charge in [0, 0.05) is 6.42 Å². The normalized spacial score (nSPS) is 14.7. The summed E-state index contributed by atoms with van der Waals surface area (Å²) >= 11 is 0. The average molecular weight is 653 g/mol. The van der Waals surface area contributed by atoms with E-state index < -0.39 is 97.3 Å². The minimum Gasteiger partial charge on any atom is -0.480 e. The lowest BCUT2D eigenvalue weighted by Crippen LogP contribution is -2.60. The van der Waals surface area contributed by atoms with Crippen LogP contribution in [-0.2, 0) is 40.0 Å². The first-order chi connectivity index (χ1) is 21.7. The fourth-order valence-corrected chi connectivity index (χ4v) is 4.00. The molecule has 1 aromatic rings. The smallest absolute Gasteiger partial charge is 0.326 e. The van der Waals surface area contributed by atoms with Crippen molar-refractivity contribution in [2.24, 2.45) is 17.2 Å². The van der Waals surface area contributed by atoms with Crippen molar-refractivity contribution >= 4 is 41.4 Å². The lowest BCUT2D eigenvalue weighted by molar-refractivity contribution is -0.144. The standard InChI is InChI=1S/C28H44N8O10/c1-15(32-25(42)18(9-5-6-10-29)33-24(41)17(30)13-37)23(40)34-19(11-16-7-3-2-4-8-16)26(43)36-21(14-38)27(44)35-20(28(45)46)12-22(31)39/h2-4,7-8,15,17-21,37-38H,5-6,9-14,29-30H2,1H3,(H2,31,39)(H,32,42)(H,33,41)(H,34,40)(H,35,44)(H,36,43)(H,45,46)/t15-,17-,18-,19-,20-,21-/m0/s1. The number of unbranched alkanes of at least 4 members (excludes halogenated alkanes) is 1. The van der Waals surface area contributed by atoms with E-state index in [1.165, 1.54) is 6.92 Å². The van der Waals surface area contributed by atoms with E-state index >= 15 is 0 Å².